The van der Waals surface area contributed by atoms with Gasteiger partial charge in [-0.25, -0.2) is 4.98 Å². The molecule has 16 heteroatoms. The molecule has 5 aromatic rings. The fourth-order valence-corrected chi connectivity index (χ4v) is 10.0. The van der Waals surface area contributed by atoms with Crippen molar-refractivity contribution in [1.29, 1.82) is 0 Å². The fraction of sp³-hybridized carbons (Fsp3) is 0.419. The van der Waals surface area contributed by atoms with E-state index in [0.29, 0.717) is 49.1 Å². The molecule has 2 radical (unpaired) electrons. The highest BCUT2D eigenvalue weighted by Gasteiger charge is 2.44. The molecule has 2 aliphatic rings. The quantitative estimate of drug-likeness (QED) is 0.0983. The van der Waals surface area contributed by atoms with Crippen molar-refractivity contribution in [3.63, 3.8) is 0 Å². The molecule has 3 aromatic heterocycles. The van der Waals surface area contributed by atoms with Gasteiger partial charge in [0.2, 0.25) is 23.6 Å². The van der Waals surface area contributed by atoms with Gasteiger partial charge in [0.15, 0.2) is 5.65 Å². The molecule has 0 spiro atoms. The number of phenols is 1. The molecule has 59 heavy (non-hydrogen) atoms. The molecule has 4 amide bonds. The minimum Gasteiger partial charge on any atom is -0.507 e. The average molecular weight is 835 g/mol. The van der Waals surface area contributed by atoms with Crippen LogP contribution in [0.15, 0.2) is 66.3 Å². The van der Waals surface area contributed by atoms with Crippen LogP contribution in [0.5, 0.6) is 5.75 Å². The molecule has 1 unspecified atom stereocenters. The van der Waals surface area contributed by atoms with Gasteiger partial charge in [-0.05, 0) is 53.6 Å². The van der Waals surface area contributed by atoms with Crippen molar-refractivity contribution >= 4 is 55.5 Å². The summed E-state index contributed by atoms with van der Waals surface area (Å²) >= 11 is 1.58. The number of benzene rings is 2. The second-order valence-electron chi connectivity index (χ2n) is 16.5. The molecule has 2 aliphatic heterocycles. The van der Waals surface area contributed by atoms with E-state index in [0.717, 1.165) is 32.6 Å². The van der Waals surface area contributed by atoms with Gasteiger partial charge in [0.1, 0.15) is 11.8 Å². The summed E-state index contributed by atoms with van der Waals surface area (Å²) in [6.07, 6.45) is 2.39. The molecule has 7 rings (SSSR count). The van der Waals surface area contributed by atoms with Gasteiger partial charge in [-0.3, -0.25) is 19.2 Å². The van der Waals surface area contributed by atoms with E-state index >= 15 is 0 Å². The number of thiazole rings is 1. The number of amides is 4. The number of aliphatic hydroxyl groups excluding tert-OH is 1. The highest BCUT2D eigenvalue weighted by atomic mass is 32.1. The van der Waals surface area contributed by atoms with Gasteiger partial charge in [0.25, 0.3) is 0 Å². The maximum Gasteiger partial charge on any atom is 0.243 e. The lowest BCUT2D eigenvalue weighted by atomic mass is 9.90. The van der Waals surface area contributed by atoms with Crippen LogP contribution in [0.25, 0.3) is 32.7 Å². The molecule has 0 saturated carbocycles. The number of hydrogen-bond donors (Lipinski definition) is 5. The predicted octanol–water partition coefficient (Wildman–Crippen LogP) is 4.75. The Bertz CT molecular complexity index is 2320. The third-order valence-electron chi connectivity index (χ3n) is 11.1. The van der Waals surface area contributed by atoms with E-state index in [1.54, 1.807) is 34.4 Å². The van der Waals surface area contributed by atoms with E-state index in [1.165, 1.54) is 4.90 Å². The molecule has 2 fully saturated rings. The Balaban J connectivity index is 0.847. The summed E-state index contributed by atoms with van der Waals surface area (Å²) in [7, 11) is 0.0521. The van der Waals surface area contributed by atoms with Crippen LogP contribution in [0.3, 0.4) is 0 Å². The van der Waals surface area contributed by atoms with E-state index in [1.807, 2.05) is 75.8 Å². The molecule has 14 nitrogen and oxygen atoms in total. The minimum absolute atomic E-state index is 0.00450. The van der Waals surface area contributed by atoms with Crippen LogP contribution in [0.2, 0.25) is 5.54 Å². The molecular formula is C43H50N8O6SSi. The number of phenolic OH excluding ortho intramolecular Hbond substituents is 1. The average Bonchev–Trinajstić information content (AvgIpc) is 3.92. The number of aromatic hydroxyl groups is 1. The van der Waals surface area contributed by atoms with E-state index < -0.39 is 23.1 Å². The monoisotopic (exact) mass is 834 g/mol. The van der Waals surface area contributed by atoms with Crippen LogP contribution < -0.4 is 10.6 Å². The zero-order valence-electron chi connectivity index (χ0n) is 33.7. The Hall–Kier alpha value is -5.45. The number of nitrogens with zero attached hydrogens (tertiary/aromatic N) is 5. The third-order valence-corrected chi connectivity index (χ3v) is 14.0. The van der Waals surface area contributed by atoms with Crippen molar-refractivity contribution in [2.24, 2.45) is 5.41 Å². The molecular weight excluding hydrogens is 785 g/mol. The number of para-hydroxylation sites is 1. The smallest absolute Gasteiger partial charge is 0.243 e. The predicted molar refractivity (Wildman–Crippen MR) is 226 cm³/mol. The lowest BCUT2D eigenvalue weighted by molar-refractivity contribution is -0.140. The molecule has 0 bridgehead atoms. The first-order chi connectivity index (χ1) is 28.3. The summed E-state index contributed by atoms with van der Waals surface area (Å²) in [5, 5.41) is 36.2. The summed E-state index contributed by atoms with van der Waals surface area (Å²) in [5.41, 5.74) is 6.70. The van der Waals surface area contributed by atoms with Crippen molar-refractivity contribution in [3.8, 4) is 27.4 Å². The first kappa shape index (κ1) is 41.7. The number of H-pyrrole nitrogens is 1. The zero-order valence-corrected chi connectivity index (χ0v) is 35.5. The maximum absolute atomic E-state index is 14.0. The summed E-state index contributed by atoms with van der Waals surface area (Å²) in [5.74, 6) is -0.443. The van der Waals surface area contributed by atoms with Crippen LogP contribution in [-0.2, 0) is 25.7 Å². The van der Waals surface area contributed by atoms with Gasteiger partial charge in [-0.2, -0.15) is 0 Å². The van der Waals surface area contributed by atoms with E-state index in [9.17, 15) is 29.4 Å². The Kier molecular flexibility index (Phi) is 12.6. The maximum atomic E-state index is 14.0. The zero-order chi connectivity index (χ0) is 41.8. The van der Waals surface area contributed by atoms with Crippen molar-refractivity contribution in [3.05, 3.63) is 83.1 Å². The number of aliphatic hydroxyl groups is 1. The fourth-order valence-electron chi connectivity index (χ4n) is 7.77. The second-order valence-corrected chi connectivity index (χ2v) is 18.7. The van der Waals surface area contributed by atoms with E-state index in [2.05, 4.69) is 30.8 Å². The number of hydrogen-bond acceptors (Lipinski definition) is 10. The van der Waals surface area contributed by atoms with E-state index in [4.69, 9.17) is 0 Å². The normalized spacial score (nSPS) is 17.5. The summed E-state index contributed by atoms with van der Waals surface area (Å²) in [6, 6.07) is 16.0. The molecule has 308 valence electrons. The first-order valence-electron chi connectivity index (χ1n) is 19.9. The minimum atomic E-state index is -0.808. The number of likely N-dealkylation sites (tertiary alicyclic amines) is 2. The number of nitrogens with one attached hydrogen (secondary N) is 3. The van der Waals surface area contributed by atoms with Gasteiger partial charge in [0, 0.05) is 80.2 Å². The van der Waals surface area contributed by atoms with Crippen LogP contribution >= 0.6 is 11.3 Å². The molecule has 5 heterocycles. The second kappa shape index (κ2) is 17.8. The lowest BCUT2D eigenvalue weighted by Crippen LogP contribution is -2.50. The summed E-state index contributed by atoms with van der Waals surface area (Å²) in [4.78, 5) is 65.2. The number of carbonyl (C=O) groups is 4. The van der Waals surface area contributed by atoms with E-state index in [-0.39, 0.29) is 70.6 Å². The van der Waals surface area contributed by atoms with Gasteiger partial charge >= 0.3 is 0 Å². The molecule has 0 aliphatic carbocycles. The number of β-amino-alcohol motifs (C(OH)–C–C–N with tert-alkyl or cyclic N) is 1. The molecule has 2 saturated heterocycles. The Morgan fingerprint density at radius 1 is 1.02 bits per heavy atom. The topological polar surface area (TPSA) is 194 Å². The van der Waals surface area contributed by atoms with Gasteiger partial charge < -0.3 is 35.6 Å². The number of fused-ring (bicyclic) bond motifs is 1. The first-order valence-corrected chi connectivity index (χ1v) is 22.1. The van der Waals surface area contributed by atoms with Crippen molar-refractivity contribution in [1.82, 2.24) is 40.6 Å². The number of carbonyl (C=O) groups excluding carboxylic acids is 4. The number of rotatable bonds is 14. The third kappa shape index (κ3) is 9.55. The van der Waals surface area contributed by atoms with Gasteiger partial charge in [-0.15, -0.1) is 21.5 Å². The summed E-state index contributed by atoms with van der Waals surface area (Å²) in [6.45, 7) is 9.37. The highest BCUT2D eigenvalue weighted by Crippen LogP contribution is 2.36. The van der Waals surface area contributed by atoms with Crippen molar-refractivity contribution in [2.75, 3.05) is 25.8 Å². The standard InChI is InChI=1S/C43H50N8O6SSi/c1-25-38(58-23-46-25)27-14-12-26(13-15-27)18-45-41(56)34-16-29(52)22-51(34)42(57)39(43(2,3)4)59-24-47-36(54)10-7-11-37(55)50-20-28(21-50)32-19-44-40-31(32)17-33(48-49-40)30-8-5-6-9-35(30)53/h5-6,8-9,12-15,17,19,23,28-29,34,39,52-53H,7,10-11,16,18,20-22,24H2,1-4H3,(H,44,49)(H,45,56)(H,47,54)/t29-,34+,39?/m1/s1. The number of aryl methyl sites for hydroxylation is 1. The Labute approximate surface area is 349 Å². The molecule has 2 aromatic carbocycles. The highest BCUT2D eigenvalue weighted by molar-refractivity contribution is 7.13. The SMILES string of the molecule is Cc1ncsc1-c1ccc(CNC(=O)[C@@H]2C[C@@H](O)CN2C(=O)C([Si]CNC(=O)CCCC(=O)N2CC(c3c[nH]c4nnc(-c5ccccc5O)cc34)C2)C(C)(C)C)cc1. The number of aromatic amines is 1. The van der Waals surface area contributed by atoms with Crippen LogP contribution in [0.1, 0.15) is 69.2 Å². The Morgan fingerprint density at radius 2 is 1.78 bits per heavy atom. The van der Waals surface area contributed by atoms with Gasteiger partial charge in [-0.1, -0.05) is 57.2 Å². The molecule has 3 atom stereocenters. The van der Waals surface area contributed by atoms with Crippen LogP contribution in [0.4, 0.5) is 0 Å². The summed E-state index contributed by atoms with van der Waals surface area (Å²) < 4.78 is 0. The van der Waals surface area contributed by atoms with Crippen molar-refractivity contribution in [2.45, 2.75) is 83.5 Å². The largest absolute Gasteiger partial charge is 0.507 e. The van der Waals surface area contributed by atoms with Crippen molar-refractivity contribution < 1.29 is 29.4 Å². The Morgan fingerprint density at radius 3 is 2.49 bits per heavy atom. The molecule has 5 N–H and O–H groups in total. The van der Waals surface area contributed by atoms with Gasteiger partial charge in [0.05, 0.1) is 37.4 Å². The van der Waals surface area contributed by atoms with Crippen LogP contribution in [0, 0.1) is 12.3 Å². The lowest BCUT2D eigenvalue weighted by Gasteiger charge is -2.39. The van der Waals surface area contributed by atoms with Crippen LogP contribution in [-0.4, -0.2) is 111 Å². The number of aromatic nitrogens is 4.